The van der Waals surface area contributed by atoms with Crippen LogP contribution in [0.4, 0.5) is 0 Å². The van der Waals surface area contributed by atoms with Crippen molar-refractivity contribution in [3.63, 3.8) is 0 Å². The summed E-state index contributed by atoms with van der Waals surface area (Å²) in [6, 6.07) is 29.0. The van der Waals surface area contributed by atoms with Gasteiger partial charge in [0.05, 0.1) is 0 Å². The van der Waals surface area contributed by atoms with E-state index >= 15 is 0 Å². The maximum atomic E-state index is 10.1. The Morgan fingerprint density at radius 3 is 0.912 bits per heavy atom. The predicted octanol–water partition coefficient (Wildman–Crippen LogP) is 6.46. The first-order valence-corrected chi connectivity index (χ1v) is 11.4. The van der Waals surface area contributed by atoms with Crippen molar-refractivity contribution in [3.05, 3.63) is 119 Å². The summed E-state index contributed by atoms with van der Waals surface area (Å²) < 4.78 is 0. The predicted molar refractivity (Wildman–Crippen MR) is 134 cm³/mol. The van der Waals surface area contributed by atoms with E-state index < -0.39 is 10.8 Å². The average Bonchev–Trinajstić information content (AvgIpc) is 2.82. The lowest BCUT2D eigenvalue weighted by atomic mass is 9.48. The second-order valence-corrected chi connectivity index (χ2v) is 9.28. The minimum atomic E-state index is -0.684. The highest BCUT2D eigenvalue weighted by molar-refractivity contribution is 5.57. The smallest absolute Gasteiger partial charge is 0.115 e. The van der Waals surface area contributed by atoms with E-state index in [-0.39, 0.29) is 28.9 Å². The molecule has 0 aliphatic rings. The van der Waals surface area contributed by atoms with Gasteiger partial charge in [-0.2, -0.15) is 0 Å². The van der Waals surface area contributed by atoms with Crippen LogP contribution in [-0.2, 0) is 10.8 Å². The molecule has 4 aromatic rings. The van der Waals surface area contributed by atoms with Gasteiger partial charge in [0.15, 0.2) is 0 Å². The fraction of sp³-hybridized carbons (Fsp3) is 0.200. The molecular weight excluding hydrogens is 424 g/mol. The summed E-state index contributed by atoms with van der Waals surface area (Å²) in [7, 11) is 0. The maximum absolute atomic E-state index is 10.1. The van der Waals surface area contributed by atoms with Crippen LogP contribution in [0.5, 0.6) is 23.0 Å². The number of hydrogen-bond donors (Lipinski definition) is 4. The fourth-order valence-electron chi connectivity index (χ4n) is 5.65. The van der Waals surface area contributed by atoms with Gasteiger partial charge in [-0.1, -0.05) is 69.3 Å². The Morgan fingerprint density at radius 2 is 0.676 bits per heavy atom. The Balaban J connectivity index is 2.18. The topological polar surface area (TPSA) is 80.9 Å². The molecule has 0 atom stereocenters. The third kappa shape index (κ3) is 3.65. The Labute approximate surface area is 200 Å². The van der Waals surface area contributed by atoms with Gasteiger partial charge in [0.2, 0.25) is 0 Å². The monoisotopic (exact) mass is 454 g/mol. The van der Waals surface area contributed by atoms with Crippen molar-refractivity contribution in [3.8, 4) is 23.0 Å². The third-order valence-corrected chi connectivity index (χ3v) is 7.19. The minimum absolute atomic E-state index is 0.0502. The third-order valence-electron chi connectivity index (χ3n) is 7.19. The molecule has 0 fully saturated rings. The lowest BCUT2D eigenvalue weighted by Crippen LogP contribution is -2.52. The normalized spacial score (nSPS) is 12.1. The highest BCUT2D eigenvalue weighted by Crippen LogP contribution is 2.57. The molecule has 0 heterocycles. The Bertz CT molecular complexity index is 1150. The van der Waals surface area contributed by atoms with Crippen molar-refractivity contribution in [2.45, 2.75) is 31.6 Å². The molecule has 0 aromatic heterocycles. The lowest BCUT2D eigenvalue weighted by molar-refractivity contribution is 0.245. The molecule has 4 heteroatoms. The summed E-state index contributed by atoms with van der Waals surface area (Å²) >= 11 is 0. The quantitative estimate of drug-likeness (QED) is 0.270. The molecule has 0 bridgehead atoms. The second-order valence-electron chi connectivity index (χ2n) is 9.28. The first-order chi connectivity index (χ1) is 16.2. The molecule has 0 saturated heterocycles. The largest absolute Gasteiger partial charge is 0.508 e. The van der Waals surface area contributed by atoms with Gasteiger partial charge < -0.3 is 20.4 Å². The summed E-state index contributed by atoms with van der Waals surface area (Å²) in [5, 5.41) is 40.3. The van der Waals surface area contributed by atoms with Gasteiger partial charge in [0, 0.05) is 10.8 Å². The molecule has 174 valence electrons. The Kier molecular flexibility index (Phi) is 6.01. The SMILES string of the molecule is CC(C)C(c1ccc(O)cc1)(c1ccc(O)cc1)C(C)(c1ccc(O)cc1)c1ccc(O)cc1. The van der Waals surface area contributed by atoms with Crippen LogP contribution >= 0.6 is 0 Å². The molecule has 0 unspecified atom stereocenters. The average molecular weight is 455 g/mol. The van der Waals surface area contributed by atoms with Crippen molar-refractivity contribution < 1.29 is 20.4 Å². The molecule has 4 N–H and O–H groups in total. The van der Waals surface area contributed by atoms with Crippen LogP contribution in [0.25, 0.3) is 0 Å². The van der Waals surface area contributed by atoms with Crippen molar-refractivity contribution in [1.82, 2.24) is 0 Å². The van der Waals surface area contributed by atoms with Gasteiger partial charge in [-0.3, -0.25) is 0 Å². The molecule has 34 heavy (non-hydrogen) atoms. The molecule has 0 aliphatic heterocycles. The summed E-state index contributed by atoms with van der Waals surface area (Å²) in [4.78, 5) is 0. The van der Waals surface area contributed by atoms with Gasteiger partial charge in [0.1, 0.15) is 23.0 Å². The van der Waals surface area contributed by atoms with Crippen molar-refractivity contribution in [2.75, 3.05) is 0 Å². The molecular formula is C30H30O4. The first kappa shape index (κ1) is 23.2. The van der Waals surface area contributed by atoms with Crippen LogP contribution in [-0.4, -0.2) is 20.4 Å². The van der Waals surface area contributed by atoms with Gasteiger partial charge in [-0.15, -0.1) is 0 Å². The molecule has 0 spiro atoms. The molecule has 0 amide bonds. The molecule has 4 nitrogen and oxygen atoms in total. The molecule has 0 radical (unpaired) electrons. The van der Waals surface area contributed by atoms with E-state index in [0.717, 1.165) is 22.3 Å². The highest BCUT2D eigenvalue weighted by Gasteiger charge is 2.54. The van der Waals surface area contributed by atoms with E-state index in [0.29, 0.717) is 0 Å². The van der Waals surface area contributed by atoms with Crippen molar-refractivity contribution in [2.24, 2.45) is 5.92 Å². The zero-order valence-electron chi connectivity index (χ0n) is 19.6. The summed E-state index contributed by atoms with van der Waals surface area (Å²) in [6.07, 6.45) is 0. The standard InChI is InChI=1S/C30H30O4/c1-20(2)30(23-8-16-27(33)17-9-23,24-10-18-28(34)19-11-24)29(3,21-4-12-25(31)13-5-21)22-6-14-26(32)15-7-22/h4-20,31-34H,1-3H3. The summed E-state index contributed by atoms with van der Waals surface area (Å²) in [6.45, 7) is 6.50. The Morgan fingerprint density at radius 1 is 0.441 bits per heavy atom. The summed E-state index contributed by atoms with van der Waals surface area (Å²) in [5.41, 5.74) is 2.60. The lowest BCUT2D eigenvalue weighted by Gasteiger charge is -2.53. The number of benzene rings is 4. The maximum Gasteiger partial charge on any atom is 0.115 e. The van der Waals surface area contributed by atoms with Gasteiger partial charge in [-0.05, 0) is 76.7 Å². The van der Waals surface area contributed by atoms with Gasteiger partial charge in [0.25, 0.3) is 0 Å². The zero-order chi connectivity index (χ0) is 24.5. The minimum Gasteiger partial charge on any atom is -0.508 e. The van der Waals surface area contributed by atoms with E-state index in [1.54, 1.807) is 48.5 Å². The Hall–Kier alpha value is -3.92. The number of aromatic hydroxyl groups is 4. The fourth-order valence-corrected chi connectivity index (χ4v) is 5.65. The molecule has 0 saturated carbocycles. The van der Waals surface area contributed by atoms with Gasteiger partial charge in [-0.25, -0.2) is 0 Å². The second kappa shape index (κ2) is 8.79. The number of phenolic OH excluding ortho intramolecular Hbond substituents is 4. The molecule has 4 rings (SSSR count). The van der Waals surface area contributed by atoms with E-state index in [2.05, 4.69) is 20.8 Å². The summed E-state index contributed by atoms with van der Waals surface area (Å²) in [5.74, 6) is 0.780. The molecule has 0 aliphatic carbocycles. The van der Waals surface area contributed by atoms with Crippen molar-refractivity contribution in [1.29, 1.82) is 0 Å². The van der Waals surface area contributed by atoms with Crippen LogP contribution < -0.4 is 0 Å². The zero-order valence-corrected chi connectivity index (χ0v) is 19.6. The van der Waals surface area contributed by atoms with E-state index in [1.165, 1.54) is 0 Å². The van der Waals surface area contributed by atoms with Crippen LogP contribution in [0.2, 0.25) is 0 Å². The highest BCUT2D eigenvalue weighted by atomic mass is 16.3. The number of hydrogen-bond acceptors (Lipinski definition) is 4. The van der Waals surface area contributed by atoms with E-state index in [9.17, 15) is 20.4 Å². The van der Waals surface area contributed by atoms with Crippen LogP contribution in [0.3, 0.4) is 0 Å². The van der Waals surface area contributed by atoms with Crippen molar-refractivity contribution >= 4 is 0 Å². The van der Waals surface area contributed by atoms with Gasteiger partial charge >= 0.3 is 0 Å². The molecule has 4 aromatic carbocycles. The van der Waals surface area contributed by atoms with Crippen LogP contribution in [0.15, 0.2) is 97.1 Å². The van der Waals surface area contributed by atoms with E-state index in [4.69, 9.17) is 0 Å². The number of phenols is 4. The van der Waals surface area contributed by atoms with E-state index in [1.807, 2.05) is 48.5 Å². The first-order valence-electron chi connectivity index (χ1n) is 11.4. The number of rotatable bonds is 6. The van der Waals surface area contributed by atoms with Crippen LogP contribution in [0.1, 0.15) is 43.0 Å². The van der Waals surface area contributed by atoms with Crippen LogP contribution in [0, 0.1) is 5.92 Å².